The van der Waals surface area contributed by atoms with Crippen molar-refractivity contribution < 1.29 is 9.59 Å². The summed E-state index contributed by atoms with van der Waals surface area (Å²) in [4.78, 5) is 25.8. The largest absolute Gasteiger partial charge is 0.369 e. The van der Waals surface area contributed by atoms with Crippen molar-refractivity contribution >= 4 is 17.5 Å². The van der Waals surface area contributed by atoms with Gasteiger partial charge in [0, 0.05) is 11.4 Å². The second-order valence-electron chi connectivity index (χ2n) is 6.82. The average molecular weight is 355 g/mol. The molecule has 1 aliphatic heterocycles. The quantitative estimate of drug-likeness (QED) is 0.855. The second-order valence-corrected chi connectivity index (χ2v) is 6.82. The second kappa shape index (κ2) is 7.70. The predicted octanol–water partition coefficient (Wildman–Crippen LogP) is 1.77. The van der Waals surface area contributed by atoms with Crippen molar-refractivity contribution in [1.82, 2.24) is 14.7 Å². The number of nitrogens with one attached hydrogen (secondary N) is 1. The Hall–Kier alpha value is -2.67. The van der Waals surface area contributed by atoms with Crippen LogP contribution in [0, 0.1) is 13.8 Å². The van der Waals surface area contributed by atoms with Crippen molar-refractivity contribution in [3.8, 4) is 5.69 Å². The Bertz CT molecular complexity index is 797. The molecule has 26 heavy (non-hydrogen) atoms. The van der Waals surface area contributed by atoms with Gasteiger partial charge < -0.3 is 11.1 Å². The molecule has 2 heterocycles. The Morgan fingerprint density at radius 2 is 1.96 bits per heavy atom. The number of nitrogens with two attached hydrogens (primary N) is 1. The van der Waals surface area contributed by atoms with Crippen molar-refractivity contribution in [3.05, 3.63) is 41.7 Å². The number of amides is 2. The predicted molar refractivity (Wildman–Crippen MR) is 100 cm³/mol. The fourth-order valence-corrected chi connectivity index (χ4v) is 3.48. The molecule has 1 saturated heterocycles. The highest BCUT2D eigenvalue weighted by Crippen LogP contribution is 2.20. The van der Waals surface area contributed by atoms with Crippen LogP contribution in [0.4, 0.5) is 5.69 Å². The summed E-state index contributed by atoms with van der Waals surface area (Å²) in [5.41, 5.74) is 9.00. The van der Waals surface area contributed by atoms with Gasteiger partial charge in [0.25, 0.3) is 0 Å². The van der Waals surface area contributed by atoms with E-state index in [4.69, 9.17) is 5.73 Å². The van der Waals surface area contributed by atoms with Gasteiger partial charge in [-0.1, -0.05) is 6.42 Å². The van der Waals surface area contributed by atoms with Crippen molar-refractivity contribution in [2.45, 2.75) is 39.2 Å². The van der Waals surface area contributed by atoms with Gasteiger partial charge in [-0.3, -0.25) is 14.5 Å². The van der Waals surface area contributed by atoms with Gasteiger partial charge >= 0.3 is 0 Å². The number of likely N-dealkylation sites (tertiary alicyclic amines) is 1. The van der Waals surface area contributed by atoms with Crippen molar-refractivity contribution in [3.63, 3.8) is 0 Å². The van der Waals surface area contributed by atoms with Crippen LogP contribution in [0.3, 0.4) is 0 Å². The van der Waals surface area contributed by atoms with E-state index < -0.39 is 5.91 Å². The third-order valence-electron chi connectivity index (χ3n) is 4.66. The van der Waals surface area contributed by atoms with Gasteiger partial charge in [0.15, 0.2) is 0 Å². The number of aromatic nitrogens is 2. The number of anilines is 1. The number of benzene rings is 1. The molecule has 1 aromatic carbocycles. The number of carbonyl (C=O) groups excluding carboxylic acids is 2. The summed E-state index contributed by atoms with van der Waals surface area (Å²) in [6.07, 6.45) is 2.70. The summed E-state index contributed by atoms with van der Waals surface area (Å²) < 4.78 is 1.87. The van der Waals surface area contributed by atoms with E-state index in [2.05, 4.69) is 10.4 Å². The summed E-state index contributed by atoms with van der Waals surface area (Å²) >= 11 is 0. The van der Waals surface area contributed by atoms with Crippen LogP contribution < -0.4 is 11.1 Å². The Balaban J connectivity index is 1.69. The molecule has 2 aromatic rings. The first-order valence-electron chi connectivity index (χ1n) is 8.91. The summed E-state index contributed by atoms with van der Waals surface area (Å²) in [6, 6.07) is 9.29. The third kappa shape index (κ3) is 4.11. The van der Waals surface area contributed by atoms with Crippen LogP contribution in [0.1, 0.15) is 30.7 Å². The molecule has 2 amide bonds. The van der Waals surface area contributed by atoms with E-state index >= 15 is 0 Å². The lowest BCUT2D eigenvalue weighted by molar-refractivity contribution is -0.125. The first-order valence-corrected chi connectivity index (χ1v) is 8.91. The highest BCUT2D eigenvalue weighted by atomic mass is 16.2. The summed E-state index contributed by atoms with van der Waals surface area (Å²) in [5.74, 6) is -0.497. The molecule has 1 fully saturated rings. The van der Waals surface area contributed by atoms with Gasteiger partial charge in [-0.05, 0) is 63.6 Å². The molecule has 1 aromatic heterocycles. The van der Waals surface area contributed by atoms with Gasteiger partial charge in [-0.2, -0.15) is 5.10 Å². The maximum atomic E-state index is 12.6. The van der Waals surface area contributed by atoms with E-state index in [9.17, 15) is 9.59 Å². The molecule has 0 bridgehead atoms. The van der Waals surface area contributed by atoms with E-state index in [1.54, 1.807) is 0 Å². The number of hydrogen-bond acceptors (Lipinski definition) is 4. The van der Waals surface area contributed by atoms with Crippen LogP contribution in [0.2, 0.25) is 0 Å². The molecule has 7 heteroatoms. The van der Waals surface area contributed by atoms with Crippen LogP contribution in [0.5, 0.6) is 0 Å². The van der Waals surface area contributed by atoms with Crippen LogP contribution in [0.25, 0.3) is 5.69 Å². The Morgan fingerprint density at radius 3 is 2.58 bits per heavy atom. The topological polar surface area (TPSA) is 93.3 Å². The van der Waals surface area contributed by atoms with E-state index in [0.717, 1.165) is 48.6 Å². The molecule has 138 valence electrons. The highest BCUT2D eigenvalue weighted by molar-refractivity contribution is 5.95. The fourth-order valence-electron chi connectivity index (χ4n) is 3.48. The van der Waals surface area contributed by atoms with E-state index in [0.29, 0.717) is 0 Å². The lowest BCUT2D eigenvalue weighted by atomic mass is 10.0. The molecular weight excluding hydrogens is 330 g/mol. The first kappa shape index (κ1) is 18.1. The molecule has 0 spiro atoms. The molecule has 0 aliphatic carbocycles. The van der Waals surface area contributed by atoms with Gasteiger partial charge in [0.2, 0.25) is 11.8 Å². The number of piperidine rings is 1. The standard InChI is InChI=1S/C19H25N5O2/c1-13-11-14(2)24(22-13)16-8-6-15(7-9-16)21-19(26)17-5-3-4-10-23(17)12-18(20)25/h6-9,11,17H,3-5,10,12H2,1-2H3,(H2,20,25)(H,21,26). The molecule has 0 saturated carbocycles. The summed E-state index contributed by atoms with van der Waals surface area (Å²) in [7, 11) is 0. The number of primary amides is 1. The smallest absolute Gasteiger partial charge is 0.241 e. The molecule has 1 atom stereocenters. The normalized spacial score (nSPS) is 17.8. The zero-order valence-corrected chi connectivity index (χ0v) is 15.2. The van der Waals surface area contributed by atoms with E-state index in [1.807, 2.05) is 53.8 Å². The van der Waals surface area contributed by atoms with Crippen molar-refractivity contribution in [2.75, 3.05) is 18.4 Å². The summed E-state index contributed by atoms with van der Waals surface area (Å²) in [5, 5.41) is 7.41. The minimum Gasteiger partial charge on any atom is -0.369 e. The van der Waals surface area contributed by atoms with Crippen LogP contribution in [-0.4, -0.2) is 45.6 Å². The van der Waals surface area contributed by atoms with Gasteiger partial charge in [0.1, 0.15) is 0 Å². The molecule has 1 unspecified atom stereocenters. The van der Waals surface area contributed by atoms with Crippen molar-refractivity contribution in [1.29, 1.82) is 0 Å². The lowest BCUT2D eigenvalue weighted by Crippen LogP contribution is -2.50. The van der Waals surface area contributed by atoms with Crippen LogP contribution >= 0.6 is 0 Å². The number of nitrogens with zero attached hydrogens (tertiary/aromatic N) is 3. The van der Waals surface area contributed by atoms with Crippen LogP contribution in [-0.2, 0) is 9.59 Å². The number of rotatable bonds is 5. The van der Waals surface area contributed by atoms with Crippen molar-refractivity contribution in [2.24, 2.45) is 5.73 Å². The average Bonchev–Trinajstić information content (AvgIpc) is 2.94. The highest BCUT2D eigenvalue weighted by Gasteiger charge is 2.29. The third-order valence-corrected chi connectivity index (χ3v) is 4.66. The number of aryl methyl sites for hydroxylation is 2. The minimum atomic E-state index is -0.404. The van der Waals surface area contributed by atoms with E-state index in [-0.39, 0.29) is 18.5 Å². The van der Waals surface area contributed by atoms with Gasteiger partial charge in [-0.15, -0.1) is 0 Å². The number of carbonyl (C=O) groups is 2. The molecule has 1 aliphatic rings. The number of hydrogen-bond donors (Lipinski definition) is 2. The maximum absolute atomic E-state index is 12.6. The maximum Gasteiger partial charge on any atom is 0.241 e. The summed E-state index contributed by atoms with van der Waals surface area (Å²) in [6.45, 7) is 4.80. The Kier molecular flexibility index (Phi) is 5.37. The van der Waals surface area contributed by atoms with Gasteiger partial charge in [-0.25, -0.2) is 4.68 Å². The molecular formula is C19H25N5O2. The molecule has 0 radical (unpaired) electrons. The fraction of sp³-hybridized carbons (Fsp3) is 0.421. The van der Waals surface area contributed by atoms with E-state index in [1.165, 1.54) is 0 Å². The minimum absolute atomic E-state index is 0.0928. The van der Waals surface area contributed by atoms with Crippen LogP contribution in [0.15, 0.2) is 30.3 Å². The molecule has 3 N–H and O–H groups in total. The molecule has 3 rings (SSSR count). The monoisotopic (exact) mass is 355 g/mol. The zero-order chi connectivity index (χ0) is 18.7. The lowest BCUT2D eigenvalue weighted by Gasteiger charge is -2.33. The molecule has 7 nitrogen and oxygen atoms in total. The Labute approximate surface area is 153 Å². The zero-order valence-electron chi connectivity index (χ0n) is 15.2. The Morgan fingerprint density at radius 1 is 1.23 bits per heavy atom. The SMILES string of the molecule is Cc1cc(C)n(-c2ccc(NC(=O)C3CCCCN3CC(N)=O)cc2)n1. The van der Waals surface area contributed by atoms with Gasteiger partial charge in [0.05, 0.1) is 24.0 Å². The first-order chi connectivity index (χ1) is 12.4.